The van der Waals surface area contributed by atoms with Gasteiger partial charge in [0.05, 0.1) is 25.4 Å². The first kappa shape index (κ1) is 20.0. The number of ether oxygens (including phenoxy) is 2. The molecule has 0 unspecified atom stereocenters. The SMILES string of the molecule is COCCC(=O)N[C@@H]1c2ccccc2C2(CCNCC2)[C@H]1OCc1cccnc1. The quantitative estimate of drug-likeness (QED) is 0.754. The number of fused-ring (bicyclic) bond motifs is 2. The van der Waals surface area contributed by atoms with Crippen LogP contribution in [0.1, 0.15) is 42.0 Å². The molecule has 0 bridgehead atoms. The first-order chi connectivity index (χ1) is 14.2. The summed E-state index contributed by atoms with van der Waals surface area (Å²) in [5.74, 6) is -0.00684. The zero-order chi connectivity index (χ0) is 20.1. The highest BCUT2D eigenvalue weighted by Gasteiger charge is 2.53. The molecule has 1 fully saturated rings. The summed E-state index contributed by atoms with van der Waals surface area (Å²) >= 11 is 0. The molecule has 2 heterocycles. The number of amides is 1. The summed E-state index contributed by atoms with van der Waals surface area (Å²) in [6, 6.07) is 12.3. The molecule has 1 amide bonds. The van der Waals surface area contributed by atoms with Gasteiger partial charge in [0.25, 0.3) is 0 Å². The summed E-state index contributed by atoms with van der Waals surface area (Å²) in [5, 5.41) is 6.72. The Labute approximate surface area is 172 Å². The molecule has 154 valence electrons. The van der Waals surface area contributed by atoms with Crippen LogP contribution in [0.25, 0.3) is 0 Å². The highest BCUT2D eigenvalue weighted by atomic mass is 16.5. The fourth-order valence-electron chi connectivity index (χ4n) is 4.80. The summed E-state index contributed by atoms with van der Waals surface area (Å²) in [4.78, 5) is 16.8. The summed E-state index contributed by atoms with van der Waals surface area (Å²) in [6.45, 7) is 2.79. The molecule has 2 aromatic rings. The van der Waals surface area contributed by atoms with Gasteiger partial charge in [-0.25, -0.2) is 0 Å². The van der Waals surface area contributed by atoms with Gasteiger partial charge in [-0.05, 0) is 48.7 Å². The number of hydrogen-bond donors (Lipinski definition) is 2. The average molecular weight is 396 g/mol. The first-order valence-corrected chi connectivity index (χ1v) is 10.3. The van der Waals surface area contributed by atoms with Gasteiger partial charge in [-0.15, -0.1) is 0 Å². The van der Waals surface area contributed by atoms with Crippen molar-refractivity contribution in [1.29, 1.82) is 0 Å². The van der Waals surface area contributed by atoms with E-state index in [2.05, 4.69) is 33.8 Å². The summed E-state index contributed by atoms with van der Waals surface area (Å²) in [6.07, 6.45) is 5.82. The van der Waals surface area contributed by atoms with Crippen LogP contribution >= 0.6 is 0 Å². The molecule has 29 heavy (non-hydrogen) atoms. The maximum Gasteiger partial charge on any atom is 0.222 e. The van der Waals surface area contributed by atoms with E-state index in [1.165, 1.54) is 11.1 Å². The molecule has 1 aromatic carbocycles. The molecule has 0 radical (unpaired) electrons. The molecule has 1 aliphatic heterocycles. The van der Waals surface area contributed by atoms with Crippen molar-refractivity contribution >= 4 is 5.91 Å². The molecule has 0 saturated carbocycles. The molecular formula is C23H29N3O3. The van der Waals surface area contributed by atoms with Crippen LogP contribution < -0.4 is 10.6 Å². The molecule has 6 nitrogen and oxygen atoms in total. The monoisotopic (exact) mass is 395 g/mol. The molecule has 1 saturated heterocycles. The van der Waals surface area contributed by atoms with Crippen molar-refractivity contribution in [2.45, 2.75) is 43.4 Å². The molecule has 1 spiro atoms. The topological polar surface area (TPSA) is 72.5 Å². The number of pyridine rings is 1. The molecule has 4 rings (SSSR count). The van der Waals surface area contributed by atoms with Crippen LogP contribution in [0.3, 0.4) is 0 Å². The number of rotatable bonds is 7. The molecule has 2 atom stereocenters. The third kappa shape index (κ3) is 4.06. The highest BCUT2D eigenvalue weighted by molar-refractivity contribution is 5.77. The first-order valence-electron chi connectivity index (χ1n) is 10.3. The molecule has 1 aliphatic carbocycles. The zero-order valence-electron chi connectivity index (χ0n) is 16.9. The standard InChI is InChI=1S/C23H29N3O3/c1-28-14-8-20(27)26-21-18-6-2-3-7-19(18)23(9-12-24-13-10-23)22(21)29-16-17-5-4-11-25-15-17/h2-7,11,15,21-22,24H,8-10,12-14,16H2,1H3,(H,26,27)/t21-,22+/m1/s1. The number of benzene rings is 1. The second-order valence-corrected chi connectivity index (χ2v) is 7.87. The molecular weight excluding hydrogens is 366 g/mol. The molecule has 2 aliphatic rings. The lowest BCUT2D eigenvalue weighted by Crippen LogP contribution is -2.49. The van der Waals surface area contributed by atoms with Crippen LogP contribution in [0.5, 0.6) is 0 Å². The minimum absolute atomic E-state index is 0.00684. The minimum Gasteiger partial charge on any atom is -0.384 e. The van der Waals surface area contributed by atoms with Gasteiger partial charge in [0.1, 0.15) is 0 Å². The maximum atomic E-state index is 12.6. The van der Waals surface area contributed by atoms with Gasteiger partial charge in [-0.1, -0.05) is 30.3 Å². The lowest BCUT2D eigenvalue weighted by Gasteiger charge is -2.41. The number of carbonyl (C=O) groups is 1. The Hall–Kier alpha value is -2.28. The van der Waals surface area contributed by atoms with E-state index < -0.39 is 0 Å². The maximum absolute atomic E-state index is 12.6. The number of aromatic nitrogens is 1. The predicted octanol–water partition coefficient (Wildman–Crippen LogP) is 2.50. The second kappa shape index (κ2) is 9.03. The third-order valence-corrected chi connectivity index (χ3v) is 6.18. The Morgan fingerprint density at radius 3 is 2.83 bits per heavy atom. The van der Waals surface area contributed by atoms with E-state index >= 15 is 0 Å². The fraction of sp³-hybridized carbons (Fsp3) is 0.478. The second-order valence-electron chi connectivity index (χ2n) is 7.87. The van der Waals surface area contributed by atoms with Crippen LogP contribution in [-0.2, 0) is 26.3 Å². The van der Waals surface area contributed by atoms with E-state index in [0.29, 0.717) is 19.6 Å². The van der Waals surface area contributed by atoms with Crippen molar-refractivity contribution < 1.29 is 14.3 Å². The number of carbonyl (C=O) groups excluding carboxylic acids is 1. The third-order valence-electron chi connectivity index (χ3n) is 6.18. The van der Waals surface area contributed by atoms with E-state index in [4.69, 9.17) is 9.47 Å². The van der Waals surface area contributed by atoms with Crippen molar-refractivity contribution in [2.75, 3.05) is 26.8 Å². The number of methoxy groups -OCH3 is 1. The molecule has 1 aromatic heterocycles. The number of piperidine rings is 1. The minimum atomic E-state index is -0.162. The van der Waals surface area contributed by atoms with Crippen LogP contribution in [0.15, 0.2) is 48.8 Å². The van der Waals surface area contributed by atoms with Gasteiger partial charge < -0.3 is 20.1 Å². The van der Waals surface area contributed by atoms with Gasteiger partial charge in [0, 0.05) is 31.3 Å². The Morgan fingerprint density at radius 2 is 2.07 bits per heavy atom. The number of nitrogens with zero attached hydrogens (tertiary/aromatic N) is 1. The van der Waals surface area contributed by atoms with Crippen molar-refractivity contribution in [1.82, 2.24) is 15.6 Å². The van der Waals surface area contributed by atoms with Crippen LogP contribution in [0.4, 0.5) is 0 Å². The average Bonchev–Trinajstić information content (AvgIpc) is 3.01. The van der Waals surface area contributed by atoms with E-state index in [9.17, 15) is 4.79 Å². The van der Waals surface area contributed by atoms with Crippen LogP contribution in [0.2, 0.25) is 0 Å². The summed E-state index contributed by atoms with van der Waals surface area (Å²) < 4.78 is 11.7. The molecule has 6 heteroatoms. The molecule has 2 N–H and O–H groups in total. The fourth-order valence-corrected chi connectivity index (χ4v) is 4.80. The Kier molecular flexibility index (Phi) is 6.23. The van der Waals surface area contributed by atoms with Crippen LogP contribution in [-0.4, -0.2) is 43.8 Å². The summed E-state index contributed by atoms with van der Waals surface area (Å²) in [5.41, 5.74) is 3.44. The Morgan fingerprint density at radius 1 is 1.24 bits per heavy atom. The Balaban J connectivity index is 1.65. The zero-order valence-corrected chi connectivity index (χ0v) is 16.9. The smallest absolute Gasteiger partial charge is 0.222 e. The lowest BCUT2D eigenvalue weighted by atomic mass is 9.72. The van der Waals surface area contributed by atoms with E-state index in [1.807, 2.05) is 24.4 Å². The number of hydrogen-bond acceptors (Lipinski definition) is 5. The highest BCUT2D eigenvalue weighted by Crippen LogP contribution is 2.51. The normalized spacial score (nSPS) is 22.4. The predicted molar refractivity (Wildman–Crippen MR) is 110 cm³/mol. The van der Waals surface area contributed by atoms with Gasteiger partial charge in [-0.3, -0.25) is 9.78 Å². The van der Waals surface area contributed by atoms with Crippen molar-refractivity contribution in [3.05, 3.63) is 65.5 Å². The van der Waals surface area contributed by atoms with Gasteiger partial charge in [0.15, 0.2) is 0 Å². The van der Waals surface area contributed by atoms with Gasteiger partial charge in [0.2, 0.25) is 5.91 Å². The summed E-state index contributed by atoms with van der Waals surface area (Å²) in [7, 11) is 1.61. The van der Waals surface area contributed by atoms with E-state index in [-0.39, 0.29) is 23.5 Å². The van der Waals surface area contributed by atoms with E-state index in [1.54, 1.807) is 13.3 Å². The van der Waals surface area contributed by atoms with Gasteiger partial charge in [-0.2, -0.15) is 0 Å². The largest absolute Gasteiger partial charge is 0.384 e. The van der Waals surface area contributed by atoms with Crippen molar-refractivity contribution in [2.24, 2.45) is 0 Å². The number of nitrogens with one attached hydrogen (secondary N) is 2. The van der Waals surface area contributed by atoms with Crippen molar-refractivity contribution in [3.63, 3.8) is 0 Å². The van der Waals surface area contributed by atoms with Crippen molar-refractivity contribution in [3.8, 4) is 0 Å². The lowest BCUT2D eigenvalue weighted by molar-refractivity contribution is -0.125. The Bertz CT molecular complexity index is 821. The van der Waals surface area contributed by atoms with E-state index in [0.717, 1.165) is 31.5 Å². The van der Waals surface area contributed by atoms with Gasteiger partial charge >= 0.3 is 0 Å². The van der Waals surface area contributed by atoms with Crippen LogP contribution in [0, 0.1) is 0 Å².